The van der Waals surface area contributed by atoms with Gasteiger partial charge < -0.3 is 0 Å². The molecular formula is C15H15FO3S. The molecule has 5 heteroatoms. The van der Waals surface area contributed by atoms with E-state index >= 15 is 0 Å². The summed E-state index contributed by atoms with van der Waals surface area (Å²) >= 11 is 0. The third-order valence-corrected chi connectivity index (χ3v) is 3.52. The van der Waals surface area contributed by atoms with Gasteiger partial charge in [0.05, 0.1) is 12.4 Å². The lowest BCUT2D eigenvalue weighted by atomic mass is 10.0. The Kier molecular flexibility index (Phi) is 4.20. The van der Waals surface area contributed by atoms with Crippen LogP contribution in [0.1, 0.15) is 18.6 Å². The van der Waals surface area contributed by atoms with E-state index in [4.69, 9.17) is 4.18 Å². The Morgan fingerprint density at radius 2 is 1.40 bits per heavy atom. The molecule has 0 radical (unpaired) electrons. The maximum atomic E-state index is 12.9. The highest BCUT2D eigenvalue weighted by atomic mass is 32.2. The molecule has 0 aliphatic carbocycles. The average molecular weight is 294 g/mol. The van der Waals surface area contributed by atoms with E-state index in [2.05, 4.69) is 0 Å². The van der Waals surface area contributed by atoms with Crippen LogP contribution in [0.4, 0.5) is 4.39 Å². The minimum Gasteiger partial charge on any atom is -0.262 e. The summed E-state index contributed by atoms with van der Waals surface area (Å²) in [5.41, 5.74) is 2.59. The molecule has 20 heavy (non-hydrogen) atoms. The summed E-state index contributed by atoms with van der Waals surface area (Å²) in [5, 5.41) is 0. The zero-order valence-electron chi connectivity index (χ0n) is 11.2. The van der Waals surface area contributed by atoms with Crippen molar-refractivity contribution in [3.8, 4) is 11.1 Å². The highest BCUT2D eigenvalue weighted by molar-refractivity contribution is 7.86. The zero-order chi connectivity index (χ0) is 14.8. The van der Waals surface area contributed by atoms with Crippen LogP contribution in [0.3, 0.4) is 0 Å². The second-order valence-electron chi connectivity index (χ2n) is 4.57. The van der Waals surface area contributed by atoms with E-state index in [9.17, 15) is 12.8 Å². The smallest absolute Gasteiger partial charge is 0.262 e. The normalized spacial score (nSPS) is 13.2. The molecule has 0 amide bonds. The molecule has 2 aromatic rings. The van der Waals surface area contributed by atoms with Crippen molar-refractivity contribution in [3.63, 3.8) is 0 Å². The molecule has 0 saturated carbocycles. The van der Waals surface area contributed by atoms with Gasteiger partial charge in [0.25, 0.3) is 10.1 Å². The average Bonchev–Trinajstić information content (AvgIpc) is 2.38. The number of benzene rings is 2. The first-order valence-corrected chi connectivity index (χ1v) is 7.91. The van der Waals surface area contributed by atoms with Gasteiger partial charge in [-0.3, -0.25) is 4.18 Å². The lowest BCUT2D eigenvalue weighted by Gasteiger charge is -2.12. The fourth-order valence-electron chi connectivity index (χ4n) is 1.91. The number of rotatable bonds is 4. The van der Waals surface area contributed by atoms with Gasteiger partial charge in [-0.15, -0.1) is 0 Å². The maximum absolute atomic E-state index is 12.9. The van der Waals surface area contributed by atoms with E-state index in [0.29, 0.717) is 0 Å². The fraction of sp³-hybridized carbons (Fsp3) is 0.200. The molecule has 1 unspecified atom stereocenters. The van der Waals surface area contributed by atoms with Gasteiger partial charge in [0.1, 0.15) is 5.82 Å². The molecule has 0 spiro atoms. The summed E-state index contributed by atoms with van der Waals surface area (Å²) in [6.45, 7) is 1.67. The van der Waals surface area contributed by atoms with E-state index in [1.54, 1.807) is 31.2 Å². The molecule has 2 rings (SSSR count). The van der Waals surface area contributed by atoms with Crippen LogP contribution < -0.4 is 0 Å². The Balaban J connectivity index is 2.20. The van der Waals surface area contributed by atoms with E-state index in [1.807, 2.05) is 12.1 Å². The van der Waals surface area contributed by atoms with Gasteiger partial charge >= 0.3 is 0 Å². The van der Waals surface area contributed by atoms with Crippen molar-refractivity contribution < 1.29 is 17.0 Å². The first kappa shape index (κ1) is 14.7. The molecule has 1 atom stereocenters. The van der Waals surface area contributed by atoms with Crippen LogP contribution in [0.5, 0.6) is 0 Å². The number of halogens is 1. The second kappa shape index (κ2) is 5.73. The lowest BCUT2D eigenvalue weighted by molar-refractivity contribution is 0.237. The van der Waals surface area contributed by atoms with E-state index in [-0.39, 0.29) is 5.82 Å². The highest BCUT2D eigenvalue weighted by Gasteiger charge is 2.12. The monoisotopic (exact) mass is 294 g/mol. The topological polar surface area (TPSA) is 43.4 Å². The van der Waals surface area contributed by atoms with Crippen molar-refractivity contribution in [1.82, 2.24) is 0 Å². The third kappa shape index (κ3) is 3.88. The Morgan fingerprint density at radius 1 is 0.950 bits per heavy atom. The van der Waals surface area contributed by atoms with Gasteiger partial charge in [-0.25, -0.2) is 4.39 Å². The number of hydrogen-bond acceptors (Lipinski definition) is 3. The molecule has 3 nitrogen and oxygen atoms in total. The first-order valence-electron chi connectivity index (χ1n) is 6.09. The first-order chi connectivity index (χ1) is 9.35. The molecule has 2 aromatic carbocycles. The van der Waals surface area contributed by atoms with Gasteiger partial charge in [0.15, 0.2) is 0 Å². The third-order valence-electron chi connectivity index (χ3n) is 2.88. The van der Waals surface area contributed by atoms with Gasteiger partial charge in [-0.1, -0.05) is 36.4 Å². The van der Waals surface area contributed by atoms with Crippen LogP contribution in [0.15, 0.2) is 48.5 Å². The highest BCUT2D eigenvalue weighted by Crippen LogP contribution is 2.24. The van der Waals surface area contributed by atoms with Crippen LogP contribution in [-0.2, 0) is 14.3 Å². The predicted molar refractivity (Wildman–Crippen MR) is 76.2 cm³/mol. The van der Waals surface area contributed by atoms with E-state index in [1.165, 1.54) is 12.1 Å². The molecule has 0 aliphatic heterocycles. The molecule has 0 bridgehead atoms. The van der Waals surface area contributed by atoms with Crippen LogP contribution in [0.25, 0.3) is 11.1 Å². The molecule has 0 aliphatic rings. The molecular weight excluding hydrogens is 279 g/mol. The maximum Gasteiger partial charge on any atom is 0.264 e. The van der Waals surface area contributed by atoms with Gasteiger partial charge in [-0.2, -0.15) is 8.42 Å². The zero-order valence-corrected chi connectivity index (χ0v) is 12.0. The van der Waals surface area contributed by atoms with Crippen molar-refractivity contribution in [1.29, 1.82) is 0 Å². The molecule has 106 valence electrons. The van der Waals surface area contributed by atoms with Crippen molar-refractivity contribution in [2.24, 2.45) is 0 Å². The Morgan fingerprint density at radius 3 is 1.85 bits per heavy atom. The summed E-state index contributed by atoms with van der Waals surface area (Å²) in [6.07, 6.45) is 0.489. The minimum absolute atomic E-state index is 0.277. The quantitative estimate of drug-likeness (QED) is 0.810. The fourth-order valence-corrected chi connectivity index (χ4v) is 2.54. The lowest BCUT2D eigenvalue weighted by Crippen LogP contribution is -2.07. The molecule has 0 aromatic heterocycles. The van der Waals surface area contributed by atoms with Gasteiger partial charge in [0.2, 0.25) is 0 Å². The molecule has 0 fully saturated rings. The van der Waals surface area contributed by atoms with E-state index in [0.717, 1.165) is 22.9 Å². The predicted octanol–water partition coefficient (Wildman–Crippen LogP) is 3.53. The molecule has 0 N–H and O–H groups in total. The standard InChI is InChI=1S/C15H15FO3S/c1-11(19-20(2,17)18)12-3-5-13(6-4-12)14-7-9-15(16)10-8-14/h3-11H,1-2H3. The minimum atomic E-state index is -3.48. The summed E-state index contributed by atoms with van der Waals surface area (Å²) in [7, 11) is -3.48. The summed E-state index contributed by atoms with van der Waals surface area (Å²) in [4.78, 5) is 0. The Bertz CT molecular complexity index is 676. The van der Waals surface area contributed by atoms with Crippen LogP contribution in [0, 0.1) is 5.82 Å². The van der Waals surface area contributed by atoms with Crippen LogP contribution in [-0.4, -0.2) is 14.7 Å². The van der Waals surface area contributed by atoms with Crippen molar-refractivity contribution in [3.05, 3.63) is 59.9 Å². The van der Waals surface area contributed by atoms with Crippen molar-refractivity contribution in [2.45, 2.75) is 13.0 Å². The largest absolute Gasteiger partial charge is 0.264 e. The molecule has 0 saturated heterocycles. The second-order valence-corrected chi connectivity index (χ2v) is 6.17. The Labute approximate surface area is 118 Å². The Hall–Kier alpha value is -1.72. The van der Waals surface area contributed by atoms with Crippen LogP contribution in [0.2, 0.25) is 0 Å². The summed E-state index contributed by atoms with van der Waals surface area (Å²) in [5.74, 6) is -0.277. The van der Waals surface area contributed by atoms with Crippen molar-refractivity contribution >= 4 is 10.1 Å². The summed E-state index contributed by atoms with van der Waals surface area (Å²) in [6, 6.07) is 13.5. The molecule has 0 heterocycles. The summed E-state index contributed by atoms with van der Waals surface area (Å²) < 4.78 is 39.9. The SMILES string of the molecule is CC(OS(C)(=O)=O)c1ccc(-c2ccc(F)cc2)cc1. The van der Waals surface area contributed by atoms with Crippen molar-refractivity contribution in [2.75, 3.05) is 6.26 Å². The number of hydrogen-bond donors (Lipinski definition) is 0. The van der Waals surface area contributed by atoms with Gasteiger partial charge in [-0.05, 0) is 35.7 Å². The van der Waals surface area contributed by atoms with Crippen LogP contribution >= 0.6 is 0 Å². The van der Waals surface area contributed by atoms with Gasteiger partial charge in [0, 0.05) is 0 Å². The van der Waals surface area contributed by atoms with E-state index < -0.39 is 16.2 Å².